The van der Waals surface area contributed by atoms with Gasteiger partial charge in [0.15, 0.2) is 9.84 Å². The number of aliphatic hydroxyl groups excluding tert-OH is 1. The van der Waals surface area contributed by atoms with E-state index in [2.05, 4.69) is 6.92 Å². The van der Waals surface area contributed by atoms with Gasteiger partial charge in [-0.15, -0.1) is 0 Å². The van der Waals surface area contributed by atoms with Gasteiger partial charge in [0.05, 0.1) is 35.3 Å². The van der Waals surface area contributed by atoms with Crippen molar-refractivity contribution in [2.45, 2.75) is 51.6 Å². The van der Waals surface area contributed by atoms with Crippen molar-refractivity contribution in [2.24, 2.45) is 0 Å². The third-order valence-electron chi connectivity index (χ3n) is 4.53. The summed E-state index contributed by atoms with van der Waals surface area (Å²) < 4.78 is 24.3. The Kier molecular flexibility index (Phi) is 7.34. The highest BCUT2D eigenvalue weighted by Gasteiger charge is 2.36. The van der Waals surface area contributed by atoms with Gasteiger partial charge >= 0.3 is 0 Å². The van der Waals surface area contributed by atoms with Crippen molar-refractivity contribution in [3.8, 4) is 0 Å². The SMILES string of the molecule is CCCCCCCCS(=O)(=O)CC(O)CN1C(=O)c2ccccc2C1=O. The van der Waals surface area contributed by atoms with Crippen LogP contribution in [0.3, 0.4) is 0 Å². The molecule has 1 heterocycles. The van der Waals surface area contributed by atoms with E-state index in [4.69, 9.17) is 0 Å². The monoisotopic (exact) mass is 381 g/mol. The van der Waals surface area contributed by atoms with Gasteiger partial charge in [0.25, 0.3) is 11.8 Å². The Morgan fingerprint density at radius 2 is 1.50 bits per heavy atom. The first kappa shape index (κ1) is 20.6. The molecule has 0 saturated carbocycles. The summed E-state index contributed by atoms with van der Waals surface area (Å²) in [5, 5.41) is 10.1. The maximum absolute atomic E-state index is 12.2. The van der Waals surface area contributed by atoms with E-state index in [1.807, 2.05) is 0 Å². The number of aliphatic hydroxyl groups is 1. The number of rotatable bonds is 11. The molecule has 26 heavy (non-hydrogen) atoms. The van der Waals surface area contributed by atoms with Crippen molar-refractivity contribution in [1.29, 1.82) is 0 Å². The zero-order chi connectivity index (χ0) is 19.2. The number of carbonyl (C=O) groups is 2. The second kappa shape index (κ2) is 9.28. The lowest BCUT2D eigenvalue weighted by atomic mass is 10.1. The fourth-order valence-corrected chi connectivity index (χ4v) is 4.65. The first-order valence-electron chi connectivity index (χ1n) is 9.19. The molecule has 1 aromatic carbocycles. The molecule has 1 aromatic rings. The standard InChI is InChI=1S/C19H27NO5S/c1-2-3-4-5-6-9-12-26(24,25)14-15(21)13-20-18(22)16-10-7-8-11-17(16)19(20)23/h7-8,10-11,15,21H,2-6,9,12-14H2,1H3. The fourth-order valence-electron chi connectivity index (χ4n) is 3.15. The minimum absolute atomic E-state index is 0.0261. The summed E-state index contributed by atoms with van der Waals surface area (Å²) in [5.41, 5.74) is 0.583. The van der Waals surface area contributed by atoms with E-state index in [9.17, 15) is 23.1 Å². The summed E-state index contributed by atoms with van der Waals surface area (Å²) in [4.78, 5) is 25.4. The zero-order valence-electron chi connectivity index (χ0n) is 15.2. The third-order valence-corrected chi connectivity index (χ3v) is 6.33. The summed E-state index contributed by atoms with van der Waals surface area (Å²) >= 11 is 0. The largest absolute Gasteiger partial charge is 0.390 e. The van der Waals surface area contributed by atoms with Crippen LogP contribution in [0.25, 0.3) is 0 Å². The van der Waals surface area contributed by atoms with Crippen LogP contribution in [0.2, 0.25) is 0 Å². The molecule has 0 saturated heterocycles. The second-order valence-electron chi connectivity index (χ2n) is 6.80. The molecule has 0 aromatic heterocycles. The van der Waals surface area contributed by atoms with Crippen LogP contribution in [0.1, 0.15) is 66.2 Å². The lowest BCUT2D eigenvalue weighted by molar-refractivity contribution is 0.0565. The maximum Gasteiger partial charge on any atom is 0.261 e. The predicted molar refractivity (Wildman–Crippen MR) is 99.8 cm³/mol. The molecular formula is C19H27NO5S. The molecular weight excluding hydrogens is 354 g/mol. The van der Waals surface area contributed by atoms with Crippen molar-refractivity contribution in [1.82, 2.24) is 4.90 Å². The van der Waals surface area contributed by atoms with E-state index in [0.717, 1.165) is 37.0 Å². The number of nitrogens with zero attached hydrogens (tertiary/aromatic N) is 1. The minimum Gasteiger partial charge on any atom is -0.390 e. The van der Waals surface area contributed by atoms with Gasteiger partial charge in [-0.3, -0.25) is 14.5 Å². The van der Waals surface area contributed by atoms with Crippen LogP contribution < -0.4 is 0 Å². The molecule has 7 heteroatoms. The fraction of sp³-hybridized carbons (Fsp3) is 0.579. The molecule has 0 bridgehead atoms. The van der Waals surface area contributed by atoms with Gasteiger partial charge in [0.1, 0.15) is 0 Å². The molecule has 144 valence electrons. The smallest absolute Gasteiger partial charge is 0.261 e. The van der Waals surface area contributed by atoms with Gasteiger partial charge < -0.3 is 5.11 Å². The van der Waals surface area contributed by atoms with Crippen molar-refractivity contribution < 1.29 is 23.1 Å². The number of β-amino-alcohol motifs (C(OH)–C–C–N with tert-alkyl or cyclic N) is 1. The third kappa shape index (κ3) is 5.38. The van der Waals surface area contributed by atoms with Gasteiger partial charge in [-0.2, -0.15) is 0 Å². The van der Waals surface area contributed by atoms with E-state index >= 15 is 0 Å². The average Bonchev–Trinajstić information content (AvgIpc) is 2.83. The zero-order valence-corrected chi connectivity index (χ0v) is 16.0. The predicted octanol–water partition coefficient (Wildman–Crippen LogP) is 2.42. The van der Waals surface area contributed by atoms with Crippen molar-refractivity contribution in [2.75, 3.05) is 18.1 Å². The number of amides is 2. The number of benzene rings is 1. The van der Waals surface area contributed by atoms with E-state index in [1.54, 1.807) is 24.3 Å². The molecule has 0 radical (unpaired) electrons. The van der Waals surface area contributed by atoms with Crippen LogP contribution in [0, 0.1) is 0 Å². The Morgan fingerprint density at radius 1 is 0.962 bits per heavy atom. The molecule has 6 nitrogen and oxygen atoms in total. The van der Waals surface area contributed by atoms with E-state index in [0.29, 0.717) is 17.5 Å². The van der Waals surface area contributed by atoms with Gasteiger partial charge in [-0.05, 0) is 18.6 Å². The number of hydrogen-bond acceptors (Lipinski definition) is 5. The van der Waals surface area contributed by atoms with Gasteiger partial charge in [0.2, 0.25) is 0 Å². The number of sulfone groups is 1. The minimum atomic E-state index is -3.42. The molecule has 2 amide bonds. The van der Waals surface area contributed by atoms with Crippen LogP contribution in [-0.2, 0) is 9.84 Å². The molecule has 1 aliphatic heterocycles. The summed E-state index contributed by atoms with van der Waals surface area (Å²) in [6, 6.07) is 6.43. The van der Waals surface area contributed by atoms with Crippen LogP contribution >= 0.6 is 0 Å². The summed E-state index contributed by atoms with van der Waals surface area (Å²) in [6.45, 7) is 1.82. The Labute approximate surface area is 155 Å². The van der Waals surface area contributed by atoms with Gasteiger partial charge in [0, 0.05) is 0 Å². The average molecular weight is 381 g/mol. The number of unbranched alkanes of at least 4 members (excludes halogenated alkanes) is 5. The molecule has 0 fully saturated rings. The highest BCUT2D eigenvalue weighted by molar-refractivity contribution is 7.91. The van der Waals surface area contributed by atoms with Crippen LogP contribution in [0.5, 0.6) is 0 Å². The van der Waals surface area contributed by atoms with E-state index < -0.39 is 33.5 Å². The Hall–Kier alpha value is -1.73. The first-order chi connectivity index (χ1) is 12.4. The molecule has 1 unspecified atom stereocenters. The molecule has 0 spiro atoms. The Morgan fingerprint density at radius 3 is 2.08 bits per heavy atom. The van der Waals surface area contributed by atoms with Crippen LogP contribution in [0.15, 0.2) is 24.3 Å². The molecule has 1 atom stereocenters. The van der Waals surface area contributed by atoms with Gasteiger partial charge in [-0.25, -0.2) is 8.42 Å². The quantitative estimate of drug-likeness (QED) is 0.469. The number of imide groups is 1. The normalized spacial score (nSPS) is 15.4. The highest BCUT2D eigenvalue weighted by Crippen LogP contribution is 2.22. The number of carbonyl (C=O) groups excluding carboxylic acids is 2. The second-order valence-corrected chi connectivity index (χ2v) is 9.03. The summed E-state index contributed by atoms with van der Waals surface area (Å²) in [7, 11) is -3.42. The summed E-state index contributed by atoms with van der Waals surface area (Å²) in [5.74, 6) is -1.39. The first-order valence-corrected chi connectivity index (χ1v) is 11.0. The maximum atomic E-state index is 12.2. The highest BCUT2D eigenvalue weighted by atomic mass is 32.2. The molecule has 1 N–H and O–H groups in total. The molecule has 1 aliphatic rings. The van der Waals surface area contributed by atoms with Crippen LogP contribution in [0.4, 0.5) is 0 Å². The van der Waals surface area contributed by atoms with Crippen molar-refractivity contribution in [3.63, 3.8) is 0 Å². The Bertz CT molecular complexity index is 709. The Balaban J connectivity index is 1.82. The van der Waals surface area contributed by atoms with Crippen molar-refractivity contribution in [3.05, 3.63) is 35.4 Å². The topological polar surface area (TPSA) is 91.8 Å². The van der Waals surface area contributed by atoms with E-state index in [1.165, 1.54) is 0 Å². The number of fused-ring (bicyclic) bond motifs is 1. The van der Waals surface area contributed by atoms with Gasteiger partial charge in [-0.1, -0.05) is 51.2 Å². The number of hydrogen-bond donors (Lipinski definition) is 1. The van der Waals surface area contributed by atoms with Crippen LogP contribution in [-0.4, -0.2) is 54.4 Å². The lowest BCUT2D eigenvalue weighted by Crippen LogP contribution is -2.40. The van der Waals surface area contributed by atoms with E-state index in [-0.39, 0.29) is 12.3 Å². The summed E-state index contributed by atoms with van der Waals surface area (Å²) in [6.07, 6.45) is 4.58. The lowest BCUT2D eigenvalue weighted by Gasteiger charge is -2.18. The molecule has 2 rings (SSSR count). The molecule has 0 aliphatic carbocycles. The van der Waals surface area contributed by atoms with Crippen molar-refractivity contribution >= 4 is 21.7 Å².